The third-order valence-corrected chi connectivity index (χ3v) is 8.03. The molecule has 1 aliphatic carbocycles. The summed E-state index contributed by atoms with van der Waals surface area (Å²) in [6.07, 6.45) is 4.23. The molecule has 0 radical (unpaired) electrons. The molecule has 0 amide bonds. The Morgan fingerprint density at radius 1 is 0.476 bits per heavy atom. The summed E-state index contributed by atoms with van der Waals surface area (Å²) in [5, 5.41) is 9.40. The van der Waals surface area contributed by atoms with E-state index in [1.165, 1.54) is 38.6 Å². The van der Waals surface area contributed by atoms with Gasteiger partial charge in [0.25, 0.3) is 0 Å². The molecular formula is C39H27N3. The minimum atomic E-state index is 1.000. The van der Waals surface area contributed by atoms with Crippen LogP contribution in [-0.4, -0.2) is 11.2 Å². The van der Waals surface area contributed by atoms with Gasteiger partial charge in [-0.25, -0.2) is 5.01 Å². The third kappa shape index (κ3) is 4.20. The lowest BCUT2D eigenvalue weighted by molar-refractivity contribution is 1.09. The van der Waals surface area contributed by atoms with E-state index < -0.39 is 0 Å². The molecule has 8 rings (SSSR count). The molecule has 0 saturated carbocycles. The van der Waals surface area contributed by atoms with Crippen molar-refractivity contribution in [2.75, 3.05) is 5.01 Å². The zero-order chi connectivity index (χ0) is 27.9. The number of nitrogens with one attached hydrogen (secondary N) is 1. The summed E-state index contributed by atoms with van der Waals surface area (Å²) in [7, 11) is 0. The molecule has 42 heavy (non-hydrogen) atoms. The van der Waals surface area contributed by atoms with Crippen molar-refractivity contribution in [3.63, 3.8) is 0 Å². The van der Waals surface area contributed by atoms with Crippen molar-refractivity contribution < 1.29 is 0 Å². The number of H-pyrrole nitrogens is 1. The zero-order valence-corrected chi connectivity index (χ0v) is 22.9. The van der Waals surface area contributed by atoms with Gasteiger partial charge in [0.2, 0.25) is 0 Å². The van der Waals surface area contributed by atoms with E-state index in [9.17, 15) is 0 Å². The van der Waals surface area contributed by atoms with Gasteiger partial charge in [-0.05, 0) is 87.5 Å². The zero-order valence-electron chi connectivity index (χ0n) is 22.9. The standard InChI is InChI=1S/C39H27N3/c1-2-10-29(11-3-1)42(40-26-28-20-23-39-37(25-28)35-16-8-9-17-38(35)41-39)30-21-18-27(19-22-30)24-36-33-14-6-4-12-31(33)32-13-5-7-15-34(32)36/h1-26,41H/b40-26+. The Morgan fingerprint density at radius 3 is 1.79 bits per heavy atom. The van der Waals surface area contributed by atoms with Crippen molar-refractivity contribution in [1.29, 1.82) is 0 Å². The van der Waals surface area contributed by atoms with Crippen LogP contribution in [0.3, 0.4) is 0 Å². The molecule has 1 N–H and O–H groups in total. The van der Waals surface area contributed by atoms with Crippen molar-refractivity contribution in [3.8, 4) is 11.1 Å². The van der Waals surface area contributed by atoms with Crippen LogP contribution in [0.15, 0.2) is 151 Å². The van der Waals surface area contributed by atoms with Crippen LogP contribution in [0, 0.1) is 0 Å². The fourth-order valence-electron chi connectivity index (χ4n) is 6.01. The Balaban J connectivity index is 1.15. The van der Waals surface area contributed by atoms with E-state index >= 15 is 0 Å². The average molecular weight is 538 g/mol. The topological polar surface area (TPSA) is 31.4 Å². The smallest absolute Gasteiger partial charge is 0.0653 e. The molecule has 0 aliphatic heterocycles. The predicted octanol–water partition coefficient (Wildman–Crippen LogP) is 10.1. The Labute approximate surface area is 244 Å². The molecule has 7 aromatic rings. The van der Waals surface area contributed by atoms with E-state index in [0.29, 0.717) is 0 Å². The monoisotopic (exact) mass is 537 g/mol. The third-order valence-electron chi connectivity index (χ3n) is 8.03. The number of hydrogen-bond acceptors (Lipinski definition) is 2. The van der Waals surface area contributed by atoms with E-state index in [0.717, 1.165) is 33.5 Å². The van der Waals surface area contributed by atoms with Gasteiger partial charge in [-0.3, -0.25) is 0 Å². The highest BCUT2D eigenvalue weighted by molar-refractivity contribution is 6.09. The molecule has 1 aromatic heterocycles. The van der Waals surface area contributed by atoms with Gasteiger partial charge in [0.15, 0.2) is 0 Å². The van der Waals surface area contributed by atoms with Crippen molar-refractivity contribution in [1.82, 2.24) is 4.98 Å². The molecule has 198 valence electrons. The van der Waals surface area contributed by atoms with Gasteiger partial charge >= 0.3 is 0 Å². The number of para-hydroxylation sites is 2. The predicted molar refractivity (Wildman–Crippen MR) is 177 cm³/mol. The largest absolute Gasteiger partial charge is 0.355 e. The van der Waals surface area contributed by atoms with E-state index in [2.05, 4.69) is 138 Å². The van der Waals surface area contributed by atoms with Crippen LogP contribution in [-0.2, 0) is 0 Å². The molecule has 1 aliphatic rings. The van der Waals surface area contributed by atoms with Gasteiger partial charge in [0, 0.05) is 21.8 Å². The number of rotatable bonds is 5. The van der Waals surface area contributed by atoms with Gasteiger partial charge < -0.3 is 4.98 Å². The maximum absolute atomic E-state index is 4.98. The number of nitrogens with zero attached hydrogens (tertiary/aromatic N) is 2. The molecule has 0 atom stereocenters. The summed E-state index contributed by atoms with van der Waals surface area (Å²) in [4.78, 5) is 3.50. The highest BCUT2D eigenvalue weighted by atomic mass is 15.5. The molecule has 3 nitrogen and oxygen atoms in total. The lowest BCUT2D eigenvalue weighted by atomic mass is 10.0. The molecule has 0 unspecified atom stereocenters. The number of hydrogen-bond donors (Lipinski definition) is 1. The van der Waals surface area contributed by atoms with Gasteiger partial charge in [-0.1, -0.05) is 103 Å². The molecule has 3 heteroatoms. The van der Waals surface area contributed by atoms with Crippen LogP contribution in [0.1, 0.15) is 22.3 Å². The van der Waals surface area contributed by atoms with E-state index in [1.54, 1.807) is 0 Å². The fraction of sp³-hybridized carbons (Fsp3) is 0. The molecule has 0 fully saturated rings. The minimum absolute atomic E-state index is 1.000. The molecule has 6 aromatic carbocycles. The van der Waals surface area contributed by atoms with E-state index in [4.69, 9.17) is 5.10 Å². The van der Waals surface area contributed by atoms with Crippen LogP contribution < -0.4 is 5.01 Å². The second-order valence-corrected chi connectivity index (χ2v) is 10.6. The van der Waals surface area contributed by atoms with Gasteiger partial charge in [-0.2, -0.15) is 5.10 Å². The van der Waals surface area contributed by atoms with E-state index in [-0.39, 0.29) is 0 Å². The number of aromatic nitrogens is 1. The van der Waals surface area contributed by atoms with Crippen LogP contribution in [0.2, 0.25) is 0 Å². The van der Waals surface area contributed by atoms with Crippen molar-refractivity contribution in [2.45, 2.75) is 0 Å². The molecular weight excluding hydrogens is 510 g/mol. The summed E-state index contributed by atoms with van der Waals surface area (Å²) < 4.78 is 0. The summed E-state index contributed by atoms with van der Waals surface area (Å²) in [6, 6.07) is 51.1. The first-order valence-corrected chi connectivity index (χ1v) is 14.2. The number of anilines is 2. The molecule has 1 heterocycles. The minimum Gasteiger partial charge on any atom is -0.355 e. The quantitative estimate of drug-likeness (QED) is 0.172. The van der Waals surface area contributed by atoms with Crippen LogP contribution >= 0.6 is 0 Å². The van der Waals surface area contributed by atoms with Crippen LogP contribution in [0.25, 0.3) is 44.6 Å². The summed E-state index contributed by atoms with van der Waals surface area (Å²) in [5.41, 5.74) is 12.9. The lowest BCUT2D eigenvalue weighted by Gasteiger charge is -2.19. The average Bonchev–Trinajstić information content (AvgIpc) is 3.58. The second kappa shape index (κ2) is 10.1. The van der Waals surface area contributed by atoms with Crippen molar-refractivity contribution in [3.05, 3.63) is 168 Å². The Bertz CT molecular complexity index is 2090. The first-order valence-electron chi connectivity index (χ1n) is 14.2. The van der Waals surface area contributed by atoms with Crippen molar-refractivity contribution in [2.24, 2.45) is 5.10 Å². The number of aromatic amines is 1. The lowest BCUT2D eigenvalue weighted by Crippen LogP contribution is -2.09. The van der Waals surface area contributed by atoms with Crippen LogP contribution in [0.4, 0.5) is 11.4 Å². The molecule has 0 saturated heterocycles. The number of benzene rings is 6. The Hall–Kier alpha value is -5.67. The Kier molecular flexibility index (Phi) is 5.79. The number of fused-ring (bicyclic) bond motifs is 6. The highest BCUT2D eigenvalue weighted by Crippen LogP contribution is 2.44. The van der Waals surface area contributed by atoms with Gasteiger partial charge in [0.1, 0.15) is 0 Å². The molecule has 0 bridgehead atoms. The highest BCUT2D eigenvalue weighted by Gasteiger charge is 2.22. The van der Waals surface area contributed by atoms with Gasteiger partial charge in [-0.15, -0.1) is 0 Å². The maximum Gasteiger partial charge on any atom is 0.0653 e. The summed E-state index contributed by atoms with van der Waals surface area (Å²) in [5.74, 6) is 0. The summed E-state index contributed by atoms with van der Waals surface area (Å²) >= 11 is 0. The fourth-order valence-corrected chi connectivity index (χ4v) is 6.01. The number of hydrazone groups is 1. The first kappa shape index (κ1) is 24.2. The second-order valence-electron chi connectivity index (χ2n) is 10.6. The summed E-state index contributed by atoms with van der Waals surface area (Å²) in [6.45, 7) is 0. The molecule has 0 spiro atoms. The van der Waals surface area contributed by atoms with E-state index in [1.807, 2.05) is 29.4 Å². The maximum atomic E-state index is 4.98. The van der Waals surface area contributed by atoms with Crippen molar-refractivity contribution >= 4 is 51.0 Å². The first-order chi connectivity index (χ1) is 20.8. The Morgan fingerprint density at radius 2 is 1.05 bits per heavy atom. The normalized spacial score (nSPS) is 12.1. The SMILES string of the molecule is C(=C1c2ccccc2-c2ccccc21)c1ccc(N(/N=C/c2ccc3[nH]c4ccccc4c3c2)c2ccccc2)cc1. The van der Waals surface area contributed by atoms with Gasteiger partial charge in [0.05, 0.1) is 17.6 Å². The van der Waals surface area contributed by atoms with Crippen LogP contribution in [0.5, 0.6) is 0 Å².